The largest absolute Gasteiger partial charge is 0.374 e. The van der Waals surface area contributed by atoms with Crippen LogP contribution in [-0.2, 0) is 9.84 Å². The van der Waals surface area contributed by atoms with Crippen LogP contribution in [0.1, 0.15) is 19.8 Å². The summed E-state index contributed by atoms with van der Waals surface area (Å²) in [6.07, 6.45) is 3.31. The molecule has 0 aliphatic carbocycles. The summed E-state index contributed by atoms with van der Waals surface area (Å²) < 4.78 is 23.2. The molecule has 0 aliphatic rings. The molecule has 0 saturated heterocycles. The fraction of sp³-hybridized carbons (Fsp3) is 0.571. The van der Waals surface area contributed by atoms with Crippen LogP contribution in [0.25, 0.3) is 0 Å². The van der Waals surface area contributed by atoms with Crippen molar-refractivity contribution in [3.05, 3.63) is 28.3 Å². The minimum atomic E-state index is -3.60. The molecule has 0 atom stereocenters. The van der Waals surface area contributed by atoms with Gasteiger partial charge in [-0.2, -0.15) is 0 Å². The number of rotatable bonds is 9. The molecule has 8 heteroatoms. The zero-order valence-electron chi connectivity index (χ0n) is 13.4. The molecule has 1 rings (SSSR count). The second-order valence-corrected chi connectivity index (χ2v) is 9.62. The lowest BCUT2D eigenvalue weighted by atomic mass is 10.2. The minimum absolute atomic E-state index is 0.0285. The van der Waals surface area contributed by atoms with E-state index in [1.807, 2.05) is 11.9 Å². The first kappa shape index (κ1) is 18.6. The second-order valence-electron chi connectivity index (χ2n) is 5.52. The molecule has 0 radical (unpaired) electrons. The number of hydrogen-bond acceptors (Lipinski definition) is 5. The Balaban J connectivity index is 2.84. The Kier molecular flexibility index (Phi) is 7.01. The molecule has 0 bridgehead atoms. The topological polar surface area (TPSA) is 80.5 Å². The Hall–Kier alpha value is -1.41. The zero-order chi connectivity index (χ0) is 16.8. The number of benzene rings is 1. The van der Waals surface area contributed by atoms with Crippen molar-refractivity contribution < 1.29 is 13.3 Å². The highest BCUT2D eigenvalue weighted by molar-refractivity contribution is 7.90. The smallest absolute Gasteiger partial charge is 0.290 e. The van der Waals surface area contributed by atoms with E-state index in [0.29, 0.717) is 5.69 Å². The Morgan fingerprint density at radius 2 is 2.00 bits per heavy atom. The summed E-state index contributed by atoms with van der Waals surface area (Å²) in [5.74, 6) is 0. The van der Waals surface area contributed by atoms with E-state index in [4.69, 9.17) is 0 Å². The molecule has 0 heterocycles. The number of nitrogens with zero attached hydrogens (tertiary/aromatic N) is 2. The molecule has 0 unspecified atom stereocenters. The summed E-state index contributed by atoms with van der Waals surface area (Å²) in [4.78, 5) is 12.2. The molecule has 22 heavy (non-hydrogen) atoms. The third kappa shape index (κ3) is 5.41. The number of nitro benzene ring substituents is 1. The zero-order valence-corrected chi connectivity index (χ0v) is 15.6. The molecule has 1 aromatic carbocycles. The van der Waals surface area contributed by atoms with Gasteiger partial charge in [-0.25, -0.2) is 8.42 Å². The molecule has 0 aromatic heterocycles. The van der Waals surface area contributed by atoms with Gasteiger partial charge in [-0.15, -0.1) is 0 Å². The van der Waals surface area contributed by atoms with Gasteiger partial charge in [0.05, 0.1) is 4.92 Å². The molecule has 0 spiro atoms. The van der Waals surface area contributed by atoms with E-state index in [-0.39, 0.29) is 20.1 Å². The van der Waals surface area contributed by atoms with E-state index in [1.54, 1.807) is 6.07 Å². The van der Waals surface area contributed by atoms with Gasteiger partial charge in [-0.3, -0.25) is 10.1 Å². The van der Waals surface area contributed by atoms with Gasteiger partial charge in [-0.05, 0) is 18.6 Å². The van der Waals surface area contributed by atoms with Gasteiger partial charge >= 0.3 is 0 Å². The Labute approximate surface area is 134 Å². The molecule has 124 valence electrons. The maximum absolute atomic E-state index is 11.6. The highest BCUT2D eigenvalue weighted by atomic mass is 32.2. The van der Waals surface area contributed by atoms with Gasteiger partial charge in [-0.1, -0.05) is 25.4 Å². The van der Waals surface area contributed by atoms with Crippen LogP contribution in [0.4, 0.5) is 11.4 Å². The molecule has 0 N–H and O–H groups in total. The second kappa shape index (κ2) is 8.28. The molecule has 0 saturated carbocycles. The molecule has 6 nitrogen and oxygen atoms in total. The Morgan fingerprint density at radius 3 is 2.55 bits per heavy atom. The molecule has 0 amide bonds. The predicted molar refractivity (Wildman–Crippen MR) is 92.5 cm³/mol. The summed E-state index contributed by atoms with van der Waals surface area (Å²) >= 11 is 0. The number of hydrogen-bond donors (Lipinski definition) is 0. The lowest BCUT2D eigenvalue weighted by Gasteiger charge is -2.19. The molecule has 1 aromatic rings. The average molecular weight is 345 g/mol. The molecule has 0 aliphatic heterocycles. The molecular formula is C14H24N2O4SSi. The lowest BCUT2D eigenvalue weighted by molar-refractivity contribution is -0.387. The van der Waals surface area contributed by atoms with Crippen LogP contribution in [-0.4, -0.2) is 42.7 Å². The highest BCUT2D eigenvalue weighted by Gasteiger charge is 2.23. The lowest BCUT2D eigenvalue weighted by Crippen LogP contribution is -2.19. The van der Waals surface area contributed by atoms with Crippen LogP contribution in [0.2, 0.25) is 12.1 Å². The van der Waals surface area contributed by atoms with E-state index in [2.05, 4.69) is 6.92 Å². The van der Waals surface area contributed by atoms with Crippen molar-refractivity contribution in [2.75, 3.05) is 24.7 Å². The summed E-state index contributed by atoms with van der Waals surface area (Å²) in [5.41, 5.74) is 0.323. The van der Waals surface area contributed by atoms with Crippen LogP contribution in [0.15, 0.2) is 23.1 Å². The number of sulfone groups is 1. The molecular weight excluding hydrogens is 320 g/mol. The Bertz CT molecular complexity index is 619. The third-order valence-corrected chi connectivity index (χ3v) is 6.93. The summed E-state index contributed by atoms with van der Waals surface area (Å²) in [6.45, 7) is 3.02. The van der Waals surface area contributed by atoms with Crippen molar-refractivity contribution in [3.63, 3.8) is 0 Å². The average Bonchev–Trinajstić information content (AvgIpc) is 2.45. The van der Waals surface area contributed by atoms with Crippen molar-refractivity contribution in [1.82, 2.24) is 0 Å². The third-order valence-electron chi connectivity index (χ3n) is 3.58. The first-order valence-electron chi connectivity index (χ1n) is 7.47. The first-order valence-corrected chi connectivity index (χ1v) is 11.4. The summed E-state index contributed by atoms with van der Waals surface area (Å²) in [7, 11) is -1.70. The number of anilines is 1. The van der Waals surface area contributed by atoms with Crippen LogP contribution >= 0.6 is 0 Å². The van der Waals surface area contributed by atoms with Gasteiger partial charge in [0, 0.05) is 41.1 Å². The predicted octanol–water partition coefficient (Wildman–Crippen LogP) is 2.24. The summed E-state index contributed by atoms with van der Waals surface area (Å²) in [5, 5.41) is 11.1. The van der Waals surface area contributed by atoms with Crippen molar-refractivity contribution in [2.24, 2.45) is 0 Å². The normalized spacial score (nSPS) is 12.0. The molecule has 0 fully saturated rings. The highest BCUT2D eigenvalue weighted by Crippen LogP contribution is 2.28. The van der Waals surface area contributed by atoms with Crippen LogP contribution in [0, 0.1) is 10.1 Å². The SMILES string of the molecule is CCC[SiH2]CCCN(C)c1ccc(S(C)(=O)=O)c([N+](=O)[O-])c1. The standard InChI is InChI=1S/C14H24N2O4SSi/c1-4-9-22-10-5-8-15(2)12-6-7-14(21(3,19)20)13(11-12)16(17)18/h6-7,11H,4-5,8-10,22H2,1-3H3. The van der Waals surface area contributed by atoms with Crippen LogP contribution < -0.4 is 4.90 Å². The quantitative estimate of drug-likeness (QED) is 0.297. The van der Waals surface area contributed by atoms with Gasteiger partial charge in [0.1, 0.15) is 4.90 Å². The van der Waals surface area contributed by atoms with Gasteiger partial charge < -0.3 is 4.90 Å². The van der Waals surface area contributed by atoms with Crippen LogP contribution in [0.5, 0.6) is 0 Å². The summed E-state index contributed by atoms with van der Waals surface area (Å²) in [6, 6.07) is 6.93. The van der Waals surface area contributed by atoms with Crippen molar-refractivity contribution in [3.8, 4) is 0 Å². The number of nitro groups is 1. The van der Waals surface area contributed by atoms with E-state index in [1.165, 1.54) is 30.6 Å². The maximum Gasteiger partial charge on any atom is 0.290 e. The first-order chi connectivity index (χ1) is 10.3. The van der Waals surface area contributed by atoms with Crippen molar-refractivity contribution in [1.29, 1.82) is 0 Å². The van der Waals surface area contributed by atoms with Crippen molar-refractivity contribution in [2.45, 2.75) is 36.7 Å². The fourth-order valence-electron chi connectivity index (χ4n) is 2.28. The van der Waals surface area contributed by atoms with E-state index >= 15 is 0 Å². The van der Waals surface area contributed by atoms with Gasteiger partial charge in [0.25, 0.3) is 5.69 Å². The van der Waals surface area contributed by atoms with Crippen molar-refractivity contribution >= 4 is 30.7 Å². The monoisotopic (exact) mass is 344 g/mol. The van der Waals surface area contributed by atoms with E-state index in [0.717, 1.165) is 19.2 Å². The fourth-order valence-corrected chi connectivity index (χ4v) is 4.54. The maximum atomic E-state index is 11.6. The van der Waals surface area contributed by atoms with E-state index < -0.39 is 14.8 Å². The van der Waals surface area contributed by atoms with E-state index in [9.17, 15) is 18.5 Å². The van der Waals surface area contributed by atoms with Gasteiger partial charge in [0.15, 0.2) is 9.84 Å². The van der Waals surface area contributed by atoms with Crippen LogP contribution in [0.3, 0.4) is 0 Å². The Morgan fingerprint density at radius 1 is 1.32 bits per heavy atom. The van der Waals surface area contributed by atoms with Gasteiger partial charge in [0.2, 0.25) is 0 Å². The minimum Gasteiger partial charge on any atom is -0.374 e.